The molecule has 0 bridgehead atoms. The first kappa shape index (κ1) is 18.3. The van der Waals surface area contributed by atoms with E-state index in [0.717, 1.165) is 11.7 Å². The van der Waals surface area contributed by atoms with Crippen molar-refractivity contribution in [3.63, 3.8) is 0 Å². The Hall–Kier alpha value is -2.10. The summed E-state index contributed by atoms with van der Waals surface area (Å²) in [5.41, 5.74) is 1.39. The van der Waals surface area contributed by atoms with Crippen LogP contribution in [0.25, 0.3) is 0 Å². The molecular formula is C23H31N3O. The lowest BCUT2D eigenvalue weighted by Crippen LogP contribution is -2.59. The molecule has 2 fully saturated rings. The molecule has 0 radical (unpaired) electrons. The van der Waals surface area contributed by atoms with Gasteiger partial charge in [-0.15, -0.1) is 0 Å². The lowest BCUT2D eigenvalue weighted by molar-refractivity contribution is -0.125. The van der Waals surface area contributed by atoms with Crippen molar-refractivity contribution in [2.75, 3.05) is 0 Å². The van der Waals surface area contributed by atoms with Crippen molar-refractivity contribution in [1.82, 2.24) is 14.9 Å². The Labute approximate surface area is 162 Å². The number of carbonyl (C=O) groups excluding carboxylic acids is 1. The van der Waals surface area contributed by atoms with E-state index in [-0.39, 0.29) is 5.91 Å². The number of amides is 1. The van der Waals surface area contributed by atoms with E-state index in [1.54, 1.807) is 0 Å². The quantitative estimate of drug-likeness (QED) is 0.820. The van der Waals surface area contributed by atoms with Crippen molar-refractivity contribution in [2.45, 2.75) is 70.4 Å². The van der Waals surface area contributed by atoms with Gasteiger partial charge in [0.1, 0.15) is 5.82 Å². The van der Waals surface area contributed by atoms with Crippen LogP contribution in [-0.4, -0.2) is 21.5 Å². The highest BCUT2D eigenvalue weighted by atomic mass is 16.1. The summed E-state index contributed by atoms with van der Waals surface area (Å²) in [5.74, 6) is 3.49. The molecule has 2 aliphatic carbocycles. The molecule has 0 spiro atoms. The normalized spacial score (nSPS) is 27.1. The highest BCUT2D eigenvalue weighted by Crippen LogP contribution is 2.54. The van der Waals surface area contributed by atoms with Crippen molar-refractivity contribution in [1.29, 1.82) is 0 Å². The zero-order chi connectivity index (χ0) is 18.8. The van der Waals surface area contributed by atoms with Gasteiger partial charge in [0.15, 0.2) is 0 Å². The Morgan fingerprint density at radius 3 is 2.67 bits per heavy atom. The highest BCUT2D eigenvalue weighted by Gasteiger charge is 2.51. The third kappa shape index (κ3) is 3.67. The van der Waals surface area contributed by atoms with Crippen molar-refractivity contribution >= 4 is 5.91 Å². The Bertz CT molecular complexity index is 767. The van der Waals surface area contributed by atoms with Gasteiger partial charge in [-0.2, -0.15) is 0 Å². The molecule has 1 N–H and O–H groups in total. The molecular weight excluding hydrogens is 334 g/mol. The van der Waals surface area contributed by atoms with Gasteiger partial charge in [-0.3, -0.25) is 4.79 Å². The van der Waals surface area contributed by atoms with Crippen molar-refractivity contribution in [2.24, 2.45) is 11.8 Å². The van der Waals surface area contributed by atoms with Gasteiger partial charge in [-0.1, -0.05) is 57.0 Å². The number of nitrogens with one attached hydrogen (secondary N) is 1. The van der Waals surface area contributed by atoms with Crippen LogP contribution in [0.5, 0.6) is 0 Å². The minimum absolute atomic E-state index is 0.174. The number of fused-ring (bicyclic) bond motifs is 1. The number of rotatable bonds is 6. The summed E-state index contributed by atoms with van der Waals surface area (Å²) >= 11 is 0. The molecule has 4 rings (SSSR count). The molecule has 4 nitrogen and oxygen atoms in total. The predicted octanol–water partition coefficient (Wildman–Crippen LogP) is 4.49. The summed E-state index contributed by atoms with van der Waals surface area (Å²) < 4.78 is 2.11. The first-order valence-corrected chi connectivity index (χ1v) is 10.5. The van der Waals surface area contributed by atoms with Crippen LogP contribution in [0.1, 0.15) is 69.2 Å². The number of hydrogen-bond acceptors (Lipinski definition) is 2. The SMILES string of the molecule is CC(C)c1nccn1CCC(=O)N[C@H]1[C@@H]2CCCC[C@H]2[C@@H]1c1ccccc1. The zero-order valence-corrected chi connectivity index (χ0v) is 16.5. The largest absolute Gasteiger partial charge is 0.352 e. The lowest BCUT2D eigenvalue weighted by Gasteiger charge is -2.55. The summed E-state index contributed by atoms with van der Waals surface area (Å²) in [5, 5.41) is 3.40. The first-order chi connectivity index (χ1) is 13.1. The summed E-state index contributed by atoms with van der Waals surface area (Å²) in [6.45, 7) is 4.98. The smallest absolute Gasteiger partial charge is 0.222 e. The fourth-order valence-corrected chi connectivity index (χ4v) is 5.28. The molecule has 2 aromatic rings. The van der Waals surface area contributed by atoms with Crippen molar-refractivity contribution in [3.05, 3.63) is 54.1 Å². The zero-order valence-electron chi connectivity index (χ0n) is 16.5. The van der Waals surface area contributed by atoms with Gasteiger partial charge in [-0.05, 0) is 30.2 Å². The van der Waals surface area contributed by atoms with Crippen LogP contribution in [0.2, 0.25) is 0 Å². The maximum absolute atomic E-state index is 12.7. The minimum atomic E-state index is 0.174. The second kappa shape index (κ2) is 7.87. The lowest BCUT2D eigenvalue weighted by atomic mass is 9.53. The fourth-order valence-electron chi connectivity index (χ4n) is 5.28. The van der Waals surface area contributed by atoms with E-state index >= 15 is 0 Å². The number of carbonyl (C=O) groups is 1. The molecule has 1 aromatic heterocycles. The van der Waals surface area contributed by atoms with Crippen molar-refractivity contribution < 1.29 is 4.79 Å². The number of hydrogen-bond donors (Lipinski definition) is 1. The first-order valence-electron chi connectivity index (χ1n) is 10.5. The second-order valence-electron chi connectivity index (χ2n) is 8.53. The number of imidazole rings is 1. The van der Waals surface area contributed by atoms with E-state index in [1.165, 1.54) is 31.2 Å². The van der Waals surface area contributed by atoms with Crippen LogP contribution >= 0.6 is 0 Å². The standard InChI is InChI=1S/C23H31N3O/c1-16(2)23-24-13-15-26(23)14-12-20(27)25-22-19-11-7-6-10-18(19)21(22)17-8-4-3-5-9-17/h3-5,8-9,13,15-16,18-19,21-22H,6-7,10-12,14H2,1-2H3,(H,25,27)/t18-,19-,21+,22+/m1/s1. The summed E-state index contributed by atoms with van der Waals surface area (Å²) in [7, 11) is 0. The molecule has 0 aliphatic heterocycles. The van der Waals surface area contributed by atoms with Gasteiger partial charge in [0.25, 0.3) is 0 Å². The fraction of sp³-hybridized carbons (Fsp3) is 0.565. The second-order valence-corrected chi connectivity index (χ2v) is 8.53. The maximum atomic E-state index is 12.7. The van der Waals surface area contributed by atoms with E-state index in [9.17, 15) is 4.79 Å². The van der Waals surface area contributed by atoms with Crippen molar-refractivity contribution in [3.8, 4) is 0 Å². The molecule has 27 heavy (non-hydrogen) atoms. The summed E-state index contributed by atoms with van der Waals surface area (Å²) in [6.07, 6.45) is 9.55. The molecule has 4 atom stereocenters. The van der Waals surface area contributed by atoms with Gasteiger partial charge < -0.3 is 9.88 Å². The third-order valence-electron chi connectivity index (χ3n) is 6.54. The molecule has 2 aliphatic rings. The van der Waals surface area contributed by atoms with Crippen LogP contribution in [0.3, 0.4) is 0 Å². The number of nitrogens with zero attached hydrogens (tertiary/aromatic N) is 2. The molecule has 1 aromatic carbocycles. The van der Waals surface area contributed by atoms with Gasteiger partial charge in [0, 0.05) is 43.2 Å². The van der Waals surface area contributed by atoms with Crippen LogP contribution in [0.15, 0.2) is 42.7 Å². The van der Waals surface area contributed by atoms with E-state index in [2.05, 4.69) is 59.0 Å². The van der Waals surface area contributed by atoms with Gasteiger partial charge in [-0.25, -0.2) is 4.98 Å². The third-order valence-corrected chi connectivity index (χ3v) is 6.54. The summed E-state index contributed by atoms with van der Waals surface area (Å²) in [4.78, 5) is 17.1. The van der Waals surface area contributed by atoms with E-state index < -0.39 is 0 Å². The average Bonchev–Trinajstić information content (AvgIpc) is 3.15. The average molecular weight is 366 g/mol. The molecule has 0 saturated heterocycles. The maximum Gasteiger partial charge on any atom is 0.222 e. The monoisotopic (exact) mass is 365 g/mol. The number of benzene rings is 1. The molecule has 144 valence electrons. The van der Waals surface area contributed by atoms with Gasteiger partial charge >= 0.3 is 0 Å². The van der Waals surface area contributed by atoms with Gasteiger partial charge in [0.2, 0.25) is 5.91 Å². The van der Waals surface area contributed by atoms with E-state index in [4.69, 9.17) is 0 Å². The topological polar surface area (TPSA) is 46.9 Å². The molecule has 1 heterocycles. The Kier molecular flexibility index (Phi) is 5.33. The highest BCUT2D eigenvalue weighted by molar-refractivity contribution is 5.76. The minimum Gasteiger partial charge on any atom is -0.352 e. The number of aromatic nitrogens is 2. The van der Waals surface area contributed by atoms with Crippen LogP contribution in [0.4, 0.5) is 0 Å². The molecule has 2 saturated carbocycles. The Balaban J connectivity index is 1.40. The molecule has 4 heteroatoms. The molecule has 0 unspecified atom stereocenters. The Morgan fingerprint density at radius 2 is 1.93 bits per heavy atom. The van der Waals surface area contributed by atoms with Gasteiger partial charge in [0.05, 0.1) is 0 Å². The number of aryl methyl sites for hydroxylation is 1. The summed E-state index contributed by atoms with van der Waals surface area (Å²) in [6, 6.07) is 11.1. The van der Waals surface area contributed by atoms with Crippen LogP contribution < -0.4 is 5.32 Å². The van der Waals surface area contributed by atoms with Crippen LogP contribution in [0, 0.1) is 11.8 Å². The van der Waals surface area contributed by atoms with E-state index in [1.807, 2.05) is 12.4 Å². The molecule has 1 amide bonds. The Morgan fingerprint density at radius 1 is 1.19 bits per heavy atom. The van der Waals surface area contributed by atoms with Crippen LogP contribution in [-0.2, 0) is 11.3 Å². The van der Waals surface area contributed by atoms with E-state index in [0.29, 0.717) is 36.8 Å². The predicted molar refractivity (Wildman–Crippen MR) is 107 cm³/mol.